The van der Waals surface area contributed by atoms with E-state index in [9.17, 15) is 13.2 Å². The van der Waals surface area contributed by atoms with E-state index in [-0.39, 0.29) is 0 Å². The molecule has 0 aromatic carbocycles. The summed E-state index contributed by atoms with van der Waals surface area (Å²) in [5.74, 6) is 1.02. The molecule has 0 saturated heterocycles. The molecule has 1 aromatic rings. The highest BCUT2D eigenvalue weighted by atomic mass is 19.4. The number of alkyl halides is 3. The number of pyridine rings is 1. The normalized spacial score (nSPS) is 24.2. The van der Waals surface area contributed by atoms with Crippen LogP contribution in [0.4, 0.5) is 19.0 Å². The Bertz CT molecular complexity index is 395. The lowest BCUT2D eigenvalue weighted by atomic mass is 9.86. The predicted octanol–water partition coefficient (Wildman–Crippen LogP) is 3.03. The summed E-state index contributed by atoms with van der Waals surface area (Å²) in [5.41, 5.74) is 5.10. The van der Waals surface area contributed by atoms with E-state index in [0.29, 0.717) is 17.8 Å². The van der Waals surface area contributed by atoms with Crippen LogP contribution < -0.4 is 11.1 Å². The van der Waals surface area contributed by atoms with Gasteiger partial charge in [0.15, 0.2) is 0 Å². The van der Waals surface area contributed by atoms with Gasteiger partial charge in [-0.05, 0) is 43.7 Å². The molecule has 0 radical (unpaired) electrons. The van der Waals surface area contributed by atoms with Crippen LogP contribution in [-0.4, -0.2) is 17.6 Å². The zero-order valence-electron chi connectivity index (χ0n) is 10.6. The van der Waals surface area contributed by atoms with E-state index in [1.54, 1.807) is 0 Å². The lowest BCUT2D eigenvalue weighted by molar-refractivity contribution is -0.137. The summed E-state index contributed by atoms with van der Waals surface area (Å²) in [5, 5.41) is 3.09. The molecule has 0 amide bonds. The maximum absolute atomic E-state index is 12.4. The van der Waals surface area contributed by atoms with Crippen LogP contribution in [0.1, 0.15) is 31.2 Å². The fourth-order valence-electron chi connectivity index (χ4n) is 2.31. The smallest absolute Gasteiger partial charge is 0.370 e. The Hall–Kier alpha value is -1.30. The third-order valence-corrected chi connectivity index (χ3v) is 3.55. The number of hydrogen-bond acceptors (Lipinski definition) is 3. The summed E-state index contributed by atoms with van der Waals surface area (Å²) < 4.78 is 37.1. The second-order valence-corrected chi connectivity index (χ2v) is 5.09. The number of aromatic nitrogens is 1. The lowest BCUT2D eigenvalue weighted by Gasteiger charge is -2.26. The van der Waals surface area contributed by atoms with E-state index in [4.69, 9.17) is 5.73 Å². The number of nitrogens with zero attached hydrogens (tertiary/aromatic N) is 1. The first-order valence-corrected chi connectivity index (χ1v) is 6.48. The predicted molar refractivity (Wildman–Crippen MR) is 67.7 cm³/mol. The van der Waals surface area contributed by atoms with Crippen LogP contribution in [0.2, 0.25) is 0 Å². The van der Waals surface area contributed by atoms with Crippen molar-refractivity contribution in [2.24, 2.45) is 11.7 Å². The number of anilines is 1. The van der Waals surface area contributed by atoms with E-state index < -0.39 is 11.7 Å². The quantitative estimate of drug-likeness (QED) is 0.890. The van der Waals surface area contributed by atoms with Crippen LogP contribution in [0.25, 0.3) is 0 Å². The van der Waals surface area contributed by atoms with Gasteiger partial charge in [0.1, 0.15) is 5.82 Å². The van der Waals surface area contributed by atoms with Crippen molar-refractivity contribution in [1.29, 1.82) is 0 Å². The van der Waals surface area contributed by atoms with Crippen LogP contribution >= 0.6 is 0 Å². The van der Waals surface area contributed by atoms with Crippen molar-refractivity contribution in [2.45, 2.75) is 37.9 Å². The van der Waals surface area contributed by atoms with Crippen LogP contribution in [0.3, 0.4) is 0 Å². The van der Waals surface area contributed by atoms with Gasteiger partial charge in [0.2, 0.25) is 0 Å². The van der Waals surface area contributed by atoms with E-state index >= 15 is 0 Å². The van der Waals surface area contributed by atoms with Gasteiger partial charge in [-0.3, -0.25) is 0 Å². The van der Waals surface area contributed by atoms with Crippen molar-refractivity contribution in [3.05, 3.63) is 23.9 Å². The molecule has 0 aliphatic heterocycles. The highest BCUT2D eigenvalue weighted by Gasteiger charge is 2.30. The fourth-order valence-corrected chi connectivity index (χ4v) is 2.31. The summed E-state index contributed by atoms with van der Waals surface area (Å²) in [6.45, 7) is 0.741. The second-order valence-electron chi connectivity index (χ2n) is 5.09. The van der Waals surface area contributed by atoms with Crippen LogP contribution in [0, 0.1) is 5.92 Å². The molecule has 3 nitrogen and oxygen atoms in total. The monoisotopic (exact) mass is 273 g/mol. The van der Waals surface area contributed by atoms with E-state index in [2.05, 4.69) is 10.3 Å². The Morgan fingerprint density at radius 2 is 1.89 bits per heavy atom. The minimum absolute atomic E-state index is 0.306. The highest BCUT2D eigenvalue weighted by molar-refractivity contribution is 5.36. The maximum Gasteiger partial charge on any atom is 0.417 e. The minimum atomic E-state index is -4.33. The number of nitrogens with one attached hydrogen (secondary N) is 1. The number of halogens is 3. The molecule has 1 aliphatic rings. The van der Waals surface area contributed by atoms with Crippen molar-refractivity contribution in [1.82, 2.24) is 4.98 Å². The van der Waals surface area contributed by atoms with Crippen molar-refractivity contribution in [3.8, 4) is 0 Å². The van der Waals surface area contributed by atoms with Crippen LogP contribution in [0.15, 0.2) is 18.3 Å². The molecular weight excluding hydrogens is 255 g/mol. The van der Waals surface area contributed by atoms with Gasteiger partial charge in [-0.2, -0.15) is 13.2 Å². The topological polar surface area (TPSA) is 50.9 Å². The van der Waals surface area contributed by atoms with E-state index in [0.717, 1.165) is 44.5 Å². The maximum atomic E-state index is 12.4. The van der Waals surface area contributed by atoms with Gasteiger partial charge in [0.25, 0.3) is 0 Å². The van der Waals surface area contributed by atoms with Crippen LogP contribution in [0.5, 0.6) is 0 Å². The van der Waals surface area contributed by atoms with Gasteiger partial charge < -0.3 is 11.1 Å². The van der Waals surface area contributed by atoms with Crippen molar-refractivity contribution >= 4 is 5.82 Å². The van der Waals surface area contributed by atoms with Crippen molar-refractivity contribution < 1.29 is 13.2 Å². The Labute approximate surface area is 110 Å². The Balaban J connectivity index is 1.83. The zero-order valence-corrected chi connectivity index (χ0v) is 10.6. The first kappa shape index (κ1) is 14.1. The molecule has 6 heteroatoms. The number of nitrogens with two attached hydrogens (primary N) is 1. The lowest BCUT2D eigenvalue weighted by Crippen LogP contribution is -2.29. The largest absolute Gasteiger partial charge is 0.417 e. The Morgan fingerprint density at radius 3 is 2.42 bits per heavy atom. The molecule has 0 bridgehead atoms. The first-order valence-electron chi connectivity index (χ1n) is 6.48. The number of hydrogen-bond donors (Lipinski definition) is 2. The molecule has 1 saturated carbocycles. The average Bonchev–Trinajstić information content (AvgIpc) is 2.37. The summed E-state index contributed by atoms with van der Waals surface area (Å²) in [7, 11) is 0. The van der Waals surface area contributed by atoms with Crippen molar-refractivity contribution in [3.63, 3.8) is 0 Å². The molecule has 1 aromatic heterocycles. The molecule has 19 heavy (non-hydrogen) atoms. The number of rotatable bonds is 3. The highest BCUT2D eigenvalue weighted by Crippen LogP contribution is 2.29. The molecule has 1 aliphatic carbocycles. The molecule has 0 unspecified atom stereocenters. The van der Waals surface area contributed by atoms with Gasteiger partial charge in [-0.15, -0.1) is 0 Å². The first-order chi connectivity index (χ1) is 8.95. The van der Waals surface area contributed by atoms with Gasteiger partial charge in [-0.25, -0.2) is 4.98 Å². The minimum Gasteiger partial charge on any atom is -0.370 e. The molecule has 1 fully saturated rings. The molecule has 106 valence electrons. The molecule has 0 spiro atoms. The average molecular weight is 273 g/mol. The third-order valence-electron chi connectivity index (χ3n) is 3.55. The SMILES string of the molecule is NC1CCC(CNc2ccc(C(F)(F)F)cn2)CC1. The van der Waals surface area contributed by atoms with E-state index in [1.807, 2.05) is 0 Å². The second kappa shape index (κ2) is 5.77. The summed E-state index contributed by atoms with van der Waals surface area (Å²) in [6, 6.07) is 2.73. The molecular formula is C13H18F3N3. The van der Waals surface area contributed by atoms with Gasteiger partial charge in [0, 0.05) is 18.8 Å². The van der Waals surface area contributed by atoms with Gasteiger partial charge >= 0.3 is 6.18 Å². The van der Waals surface area contributed by atoms with Gasteiger partial charge in [-0.1, -0.05) is 0 Å². The Morgan fingerprint density at radius 1 is 1.21 bits per heavy atom. The summed E-state index contributed by atoms with van der Waals surface area (Å²) in [4.78, 5) is 3.79. The molecule has 2 rings (SSSR count). The third kappa shape index (κ3) is 4.09. The zero-order chi connectivity index (χ0) is 13.9. The fraction of sp³-hybridized carbons (Fsp3) is 0.615. The molecule has 3 N–H and O–H groups in total. The summed E-state index contributed by atoms with van der Waals surface area (Å²) >= 11 is 0. The molecule has 1 heterocycles. The standard InChI is InChI=1S/C13H18F3N3/c14-13(15,16)10-3-6-12(19-8-10)18-7-9-1-4-11(17)5-2-9/h3,6,8-9,11H,1-2,4-5,7,17H2,(H,18,19). The summed E-state index contributed by atoms with van der Waals surface area (Å²) in [6.07, 6.45) is 0.702. The molecule has 0 atom stereocenters. The van der Waals surface area contributed by atoms with Gasteiger partial charge in [0.05, 0.1) is 5.56 Å². The Kier molecular flexibility index (Phi) is 4.29. The van der Waals surface area contributed by atoms with Crippen molar-refractivity contribution in [2.75, 3.05) is 11.9 Å². The van der Waals surface area contributed by atoms with Crippen LogP contribution in [-0.2, 0) is 6.18 Å². The van der Waals surface area contributed by atoms with E-state index in [1.165, 1.54) is 6.07 Å².